The monoisotopic (exact) mass is 351 g/mol. The minimum absolute atomic E-state index is 0.0735. The molecule has 2 aromatic carbocycles. The summed E-state index contributed by atoms with van der Waals surface area (Å²) in [5.74, 6) is -0.0209. The van der Waals surface area contributed by atoms with E-state index >= 15 is 0 Å². The molecule has 8 heteroatoms. The van der Waals surface area contributed by atoms with E-state index in [1.165, 1.54) is 10.9 Å². The molecule has 3 rings (SSSR count). The average molecular weight is 351 g/mol. The molecule has 8 nitrogen and oxygen atoms in total. The Kier molecular flexibility index (Phi) is 4.57. The number of rotatable bonds is 5. The van der Waals surface area contributed by atoms with Gasteiger partial charge in [0.1, 0.15) is 5.75 Å². The van der Waals surface area contributed by atoms with Gasteiger partial charge in [-0.3, -0.25) is 4.79 Å². The summed E-state index contributed by atoms with van der Waals surface area (Å²) in [4.78, 5) is 22.6. The second-order valence-corrected chi connectivity index (χ2v) is 5.47. The summed E-state index contributed by atoms with van der Waals surface area (Å²) in [6.45, 7) is 0. The highest BCUT2D eigenvalue weighted by molar-refractivity contribution is 6.00. The number of urea groups is 1. The lowest BCUT2D eigenvalue weighted by Gasteiger charge is -2.07. The first kappa shape index (κ1) is 17.0. The molecule has 0 unspecified atom stereocenters. The molecule has 0 aliphatic rings. The molecule has 0 spiro atoms. The normalized spacial score (nSPS) is 10.3. The van der Waals surface area contributed by atoms with E-state index < -0.39 is 11.9 Å². The van der Waals surface area contributed by atoms with Gasteiger partial charge in [0.05, 0.1) is 24.7 Å². The van der Waals surface area contributed by atoms with Gasteiger partial charge in [-0.1, -0.05) is 24.3 Å². The summed E-state index contributed by atoms with van der Waals surface area (Å²) >= 11 is 0. The Balaban J connectivity index is 2.02. The molecule has 3 amide bonds. The first-order chi connectivity index (χ1) is 12.5. The lowest BCUT2D eigenvalue weighted by Crippen LogP contribution is -2.22. The van der Waals surface area contributed by atoms with Crippen molar-refractivity contribution >= 4 is 17.6 Å². The molecule has 0 aliphatic carbocycles. The fourth-order valence-corrected chi connectivity index (χ4v) is 2.54. The number of hydrogen-bond donors (Lipinski definition) is 3. The maximum Gasteiger partial charge on any atom is 0.316 e. The number of carbonyl (C=O) groups is 2. The molecule has 0 fully saturated rings. The maximum atomic E-state index is 11.5. The molecule has 5 N–H and O–H groups in total. The molecule has 0 aliphatic heterocycles. The number of primary amides is 2. The molecular weight excluding hydrogens is 334 g/mol. The Morgan fingerprint density at radius 3 is 2.42 bits per heavy atom. The number of aromatic nitrogens is 2. The van der Waals surface area contributed by atoms with Crippen LogP contribution >= 0.6 is 0 Å². The summed E-state index contributed by atoms with van der Waals surface area (Å²) in [6, 6.07) is 14.3. The van der Waals surface area contributed by atoms with Gasteiger partial charge in [0, 0.05) is 0 Å². The highest BCUT2D eigenvalue weighted by Crippen LogP contribution is 2.26. The van der Waals surface area contributed by atoms with Crippen LogP contribution in [0.25, 0.3) is 16.8 Å². The molecule has 0 saturated carbocycles. The summed E-state index contributed by atoms with van der Waals surface area (Å²) in [6.07, 6.45) is 1.48. The molecule has 1 heterocycles. The number of nitrogens with zero attached hydrogens (tertiary/aromatic N) is 2. The number of ether oxygens (including phenoxy) is 1. The van der Waals surface area contributed by atoms with Gasteiger partial charge in [-0.05, 0) is 35.4 Å². The Morgan fingerprint density at radius 1 is 1.08 bits per heavy atom. The molecule has 132 valence electrons. The van der Waals surface area contributed by atoms with Crippen molar-refractivity contribution in [1.82, 2.24) is 9.78 Å². The number of anilines is 1. The van der Waals surface area contributed by atoms with Gasteiger partial charge in [-0.2, -0.15) is 5.10 Å². The molecule has 26 heavy (non-hydrogen) atoms. The van der Waals surface area contributed by atoms with Gasteiger partial charge in [0.15, 0.2) is 5.69 Å². The predicted octanol–water partition coefficient (Wildman–Crippen LogP) is 2.14. The second-order valence-electron chi connectivity index (χ2n) is 5.47. The van der Waals surface area contributed by atoms with E-state index in [4.69, 9.17) is 16.2 Å². The van der Waals surface area contributed by atoms with E-state index in [1.54, 1.807) is 7.11 Å². The number of hydrogen-bond acceptors (Lipinski definition) is 4. The third-order valence-electron chi connectivity index (χ3n) is 3.72. The van der Waals surface area contributed by atoms with Crippen molar-refractivity contribution in [2.75, 3.05) is 12.4 Å². The fraction of sp³-hybridized carbons (Fsp3) is 0.0556. The van der Waals surface area contributed by atoms with Gasteiger partial charge in [-0.25, -0.2) is 9.48 Å². The number of amides is 3. The van der Waals surface area contributed by atoms with E-state index in [0.717, 1.165) is 16.9 Å². The van der Waals surface area contributed by atoms with Gasteiger partial charge in [0.25, 0.3) is 5.91 Å². The van der Waals surface area contributed by atoms with Crippen LogP contribution in [-0.4, -0.2) is 28.8 Å². The third-order valence-corrected chi connectivity index (χ3v) is 3.72. The zero-order valence-corrected chi connectivity index (χ0v) is 14.0. The lowest BCUT2D eigenvalue weighted by atomic mass is 10.0. The first-order valence-corrected chi connectivity index (χ1v) is 7.68. The van der Waals surface area contributed by atoms with Gasteiger partial charge in [-0.15, -0.1) is 0 Å². The SMILES string of the molecule is COc1cccc(-c2cccc(-n3cc(NC(N)=O)c(C(N)=O)n3)c2)c1. The van der Waals surface area contributed by atoms with Crippen molar-refractivity contribution in [2.24, 2.45) is 11.5 Å². The van der Waals surface area contributed by atoms with Crippen LogP contribution in [0.1, 0.15) is 10.5 Å². The smallest absolute Gasteiger partial charge is 0.316 e. The van der Waals surface area contributed by atoms with E-state index in [9.17, 15) is 9.59 Å². The predicted molar refractivity (Wildman–Crippen MR) is 97.3 cm³/mol. The molecular formula is C18H17N5O3. The molecule has 0 radical (unpaired) electrons. The Hall–Kier alpha value is -3.81. The molecule has 0 atom stereocenters. The third kappa shape index (κ3) is 3.48. The van der Waals surface area contributed by atoms with Gasteiger partial charge in [0.2, 0.25) is 0 Å². The number of methoxy groups -OCH3 is 1. The van der Waals surface area contributed by atoms with Crippen molar-refractivity contribution in [3.8, 4) is 22.6 Å². The zero-order valence-electron chi connectivity index (χ0n) is 14.0. The number of benzene rings is 2. The highest BCUT2D eigenvalue weighted by Gasteiger charge is 2.16. The van der Waals surface area contributed by atoms with E-state index in [0.29, 0.717) is 5.69 Å². The minimum atomic E-state index is -0.808. The Morgan fingerprint density at radius 2 is 1.77 bits per heavy atom. The summed E-state index contributed by atoms with van der Waals surface area (Å²) in [5.41, 5.74) is 13.1. The van der Waals surface area contributed by atoms with E-state index in [-0.39, 0.29) is 11.4 Å². The van der Waals surface area contributed by atoms with Crippen molar-refractivity contribution in [2.45, 2.75) is 0 Å². The van der Waals surface area contributed by atoms with E-state index in [1.807, 2.05) is 48.5 Å². The molecule has 3 aromatic rings. The number of nitrogens with one attached hydrogen (secondary N) is 1. The van der Waals surface area contributed by atoms with Gasteiger partial charge < -0.3 is 21.5 Å². The molecule has 0 bridgehead atoms. The van der Waals surface area contributed by atoms with Crippen LogP contribution in [0.3, 0.4) is 0 Å². The van der Waals surface area contributed by atoms with Crippen molar-refractivity contribution in [3.05, 3.63) is 60.4 Å². The van der Waals surface area contributed by atoms with Crippen LogP contribution in [0.2, 0.25) is 0 Å². The van der Waals surface area contributed by atoms with Crippen LogP contribution in [0, 0.1) is 0 Å². The van der Waals surface area contributed by atoms with Crippen LogP contribution < -0.4 is 21.5 Å². The van der Waals surface area contributed by atoms with Crippen molar-refractivity contribution in [1.29, 1.82) is 0 Å². The maximum absolute atomic E-state index is 11.5. The van der Waals surface area contributed by atoms with Crippen molar-refractivity contribution in [3.63, 3.8) is 0 Å². The summed E-state index contributed by atoms with van der Waals surface area (Å²) < 4.78 is 6.71. The summed E-state index contributed by atoms with van der Waals surface area (Å²) in [7, 11) is 1.61. The average Bonchev–Trinajstić information content (AvgIpc) is 3.05. The van der Waals surface area contributed by atoms with Crippen LogP contribution in [0.15, 0.2) is 54.7 Å². The minimum Gasteiger partial charge on any atom is -0.497 e. The standard InChI is InChI=1S/C18H17N5O3/c1-26-14-7-3-5-12(9-14)11-4-2-6-13(8-11)23-10-15(21-18(20)25)16(22-23)17(19)24/h2-10H,1H3,(H2,19,24)(H3,20,21,25). The second kappa shape index (κ2) is 6.98. The summed E-state index contributed by atoms with van der Waals surface area (Å²) in [5, 5.41) is 6.49. The highest BCUT2D eigenvalue weighted by atomic mass is 16.5. The number of carbonyl (C=O) groups excluding carboxylic acids is 2. The largest absolute Gasteiger partial charge is 0.497 e. The lowest BCUT2D eigenvalue weighted by molar-refractivity contribution is 0.0996. The van der Waals surface area contributed by atoms with Crippen molar-refractivity contribution < 1.29 is 14.3 Å². The number of nitrogens with two attached hydrogens (primary N) is 2. The van der Waals surface area contributed by atoms with Gasteiger partial charge >= 0.3 is 6.03 Å². The van der Waals surface area contributed by atoms with E-state index in [2.05, 4.69) is 10.4 Å². The zero-order chi connectivity index (χ0) is 18.7. The van der Waals surface area contributed by atoms with Crippen LogP contribution in [0.4, 0.5) is 10.5 Å². The van der Waals surface area contributed by atoms with Crippen LogP contribution in [-0.2, 0) is 0 Å². The Labute approximate surface area is 149 Å². The first-order valence-electron chi connectivity index (χ1n) is 7.68. The Bertz CT molecular complexity index is 980. The quantitative estimate of drug-likeness (QED) is 0.651. The topological polar surface area (TPSA) is 125 Å². The van der Waals surface area contributed by atoms with Crippen LogP contribution in [0.5, 0.6) is 5.75 Å². The molecule has 1 aromatic heterocycles. The molecule has 0 saturated heterocycles. The fourth-order valence-electron chi connectivity index (χ4n) is 2.54.